The molecule has 0 atom stereocenters. The Balaban J connectivity index is 2.02. The van der Waals surface area contributed by atoms with E-state index in [1.54, 1.807) is 0 Å². The highest BCUT2D eigenvalue weighted by Crippen LogP contribution is 2.52. The Labute approximate surface area is 321 Å². The number of para-hydroxylation sites is 2. The Bertz CT molecular complexity index is 2130. The minimum absolute atomic E-state index is 0.157. The molecule has 0 bridgehead atoms. The van der Waals surface area contributed by atoms with E-state index in [4.69, 9.17) is 12.9 Å². The van der Waals surface area contributed by atoms with Crippen molar-refractivity contribution in [3.8, 4) is 22.6 Å². The van der Waals surface area contributed by atoms with Crippen molar-refractivity contribution in [2.75, 3.05) is 0 Å². The van der Waals surface area contributed by atoms with Crippen molar-refractivity contribution >= 4 is 30.2 Å². The number of rotatable bonds is 3. The largest absolute Gasteiger partial charge is 0.507 e. The van der Waals surface area contributed by atoms with Crippen LogP contribution in [0.2, 0.25) is 0 Å². The van der Waals surface area contributed by atoms with Crippen LogP contribution < -0.4 is 4.52 Å². The quantitative estimate of drug-likeness (QED) is 0.200. The minimum atomic E-state index is -2.03. The number of aromatic hydroxyl groups is 1. The molecule has 0 aliphatic rings. The van der Waals surface area contributed by atoms with Gasteiger partial charge in [-0.1, -0.05) is 173 Å². The molecule has 0 saturated carbocycles. The maximum absolute atomic E-state index is 12.3. The summed E-state index contributed by atoms with van der Waals surface area (Å²) in [5, 5.41) is 14.3. The highest BCUT2D eigenvalue weighted by atomic mass is 31.1. The van der Waals surface area contributed by atoms with Crippen molar-refractivity contribution in [3.05, 3.63) is 94.0 Å². The van der Waals surface area contributed by atoms with E-state index >= 15 is 0 Å². The molecule has 4 nitrogen and oxygen atoms in total. The van der Waals surface area contributed by atoms with Gasteiger partial charge in [-0.3, -0.25) is 0 Å². The van der Waals surface area contributed by atoms with Crippen molar-refractivity contribution < 1.29 is 18.0 Å². The van der Waals surface area contributed by atoms with Crippen LogP contribution in [0.4, 0.5) is 0 Å². The second kappa shape index (κ2) is 13.3. The Morgan fingerprint density at radius 2 is 0.830 bits per heavy atom. The van der Waals surface area contributed by atoms with Crippen LogP contribution in [0.15, 0.2) is 69.1 Å². The molecule has 1 aromatic heterocycles. The summed E-state index contributed by atoms with van der Waals surface area (Å²) in [5.74, 6) is 0.946. The van der Waals surface area contributed by atoms with Crippen molar-refractivity contribution in [1.82, 2.24) is 0 Å². The summed E-state index contributed by atoms with van der Waals surface area (Å²) in [6.45, 7) is 39.8. The van der Waals surface area contributed by atoms with Gasteiger partial charge in [0.2, 0.25) is 0 Å². The molecule has 0 fully saturated rings. The first kappa shape index (κ1) is 40.6. The van der Waals surface area contributed by atoms with Crippen molar-refractivity contribution in [1.29, 1.82) is 0 Å². The van der Waals surface area contributed by atoms with E-state index in [2.05, 4.69) is 185 Å². The van der Waals surface area contributed by atoms with E-state index in [0.717, 1.165) is 60.9 Å². The predicted molar refractivity (Wildman–Crippen MR) is 228 cm³/mol. The van der Waals surface area contributed by atoms with Crippen LogP contribution in [0.3, 0.4) is 0 Å². The van der Waals surface area contributed by atoms with E-state index < -0.39 is 8.24 Å². The first-order valence-electron chi connectivity index (χ1n) is 19.2. The van der Waals surface area contributed by atoms with Gasteiger partial charge in [0.15, 0.2) is 0 Å². The van der Waals surface area contributed by atoms with E-state index in [1.165, 1.54) is 5.56 Å². The molecule has 0 aliphatic carbocycles. The average molecular weight is 737 g/mol. The minimum Gasteiger partial charge on any atom is -0.507 e. The maximum atomic E-state index is 12.3. The molecule has 0 unspecified atom stereocenters. The lowest BCUT2D eigenvalue weighted by Gasteiger charge is -2.31. The number of hydrogen-bond donors (Lipinski definition) is 1. The highest BCUT2D eigenvalue weighted by molar-refractivity contribution is 7.32. The van der Waals surface area contributed by atoms with E-state index in [9.17, 15) is 5.11 Å². The van der Waals surface area contributed by atoms with Crippen LogP contribution in [-0.4, -0.2) is 5.11 Å². The molecule has 0 saturated heterocycles. The van der Waals surface area contributed by atoms with Gasteiger partial charge in [0.1, 0.15) is 22.7 Å². The summed E-state index contributed by atoms with van der Waals surface area (Å²) in [6.07, 6.45) is 0. The van der Waals surface area contributed by atoms with Gasteiger partial charge in [0.05, 0.1) is 0 Å². The fourth-order valence-corrected chi connectivity index (χ4v) is 8.07. The molecule has 4 aromatic carbocycles. The molecule has 1 heterocycles. The van der Waals surface area contributed by atoms with Gasteiger partial charge in [-0.15, -0.1) is 0 Å². The molecule has 0 aliphatic heterocycles. The van der Waals surface area contributed by atoms with Crippen LogP contribution in [0, 0.1) is 0 Å². The lowest BCUT2D eigenvalue weighted by Crippen LogP contribution is -2.19. The smallest absolute Gasteiger partial charge is 0.453 e. The third-order valence-corrected chi connectivity index (χ3v) is 11.3. The second-order valence-corrected chi connectivity index (χ2v) is 22.2. The fraction of sp³-hybridized carbons (Fsp3) is 0.500. The van der Waals surface area contributed by atoms with Gasteiger partial charge in [0.25, 0.3) is 0 Å². The molecule has 1 N–H and O–H groups in total. The zero-order valence-corrected chi connectivity index (χ0v) is 36.8. The van der Waals surface area contributed by atoms with Crippen LogP contribution in [-0.2, 0) is 32.5 Å². The first-order valence-corrected chi connectivity index (χ1v) is 20.3. The van der Waals surface area contributed by atoms with Crippen molar-refractivity contribution in [2.45, 2.75) is 157 Å². The molecule has 5 heteroatoms. The van der Waals surface area contributed by atoms with E-state index in [-0.39, 0.29) is 38.2 Å². The van der Waals surface area contributed by atoms with Gasteiger partial charge in [-0.2, -0.15) is 0 Å². The van der Waals surface area contributed by atoms with Gasteiger partial charge >= 0.3 is 8.24 Å². The number of phenolic OH excluding ortho intramolecular Hbond substituents is 1. The summed E-state index contributed by atoms with van der Waals surface area (Å²) in [6, 6.07) is 21.6. The number of phenols is 1. The lowest BCUT2D eigenvalue weighted by molar-refractivity contribution is 0.445. The van der Waals surface area contributed by atoms with Crippen LogP contribution in [0.5, 0.6) is 11.5 Å². The molecule has 0 spiro atoms. The Morgan fingerprint density at radius 1 is 0.453 bits per heavy atom. The van der Waals surface area contributed by atoms with Crippen LogP contribution >= 0.6 is 8.24 Å². The molecular weight excluding hydrogens is 671 g/mol. The zero-order valence-electron chi connectivity index (χ0n) is 35.9. The highest BCUT2D eigenvalue weighted by Gasteiger charge is 2.33. The average Bonchev–Trinajstić information content (AvgIpc) is 3.14. The normalized spacial score (nSPS) is 13.5. The summed E-state index contributed by atoms with van der Waals surface area (Å²) < 4.78 is 21.4. The van der Waals surface area contributed by atoms with Crippen molar-refractivity contribution in [3.63, 3.8) is 0 Å². The molecule has 286 valence electrons. The Kier molecular flexibility index (Phi) is 10.2. The summed E-state index contributed by atoms with van der Waals surface area (Å²) >= 11 is 0. The molecular formula is C48H65O4P. The predicted octanol–water partition coefficient (Wildman–Crippen LogP) is 15.3. The topological polar surface area (TPSA) is 55.7 Å². The fourth-order valence-electron chi connectivity index (χ4n) is 6.92. The van der Waals surface area contributed by atoms with Crippen LogP contribution in [0.25, 0.3) is 33.1 Å². The van der Waals surface area contributed by atoms with Gasteiger partial charge < -0.3 is 18.0 Å². The zero-order chi connectivity index (χ0) is 39.9. The molecule has 5 aromatic rings. The number of benzene rings is 4. The summed E-state index contributed by atoms with van der Waals surface area (Å²) in [7, 11) is -2.03. The monoisotopic (exact) mass is 736 g/mol. The summed E-state index contributed by atoms with van der Waals surface area (Å²) in [4.78, 5) is 0. The number of fused-ring (bicyclic) bond motifs is 3. The molecule has 0 amide bonds. The third kappa shape index (κ3) is 8.24. The Hall–Kier alpha value is -3.62. The maximum Gasteiger partial charge on any atom is 0.453 e. The SMILES string of the molecule is CC(C)(C)c1cc(-c2cc(C(C)(C)C)cc(C(C)(C)C)c2Op2oc3c(C(C)(C)C)cccc3c3cccc(C(C)(C)C)c3o2)c(O)c(C(C)(C)C)c1. The second-order valence-electron chi connectivity index (χ2n) is 21.2. The summed E-state index contributed by atoms with van der Waals surface area (Å²) in [5.41, 5.74) is 8.27. The number of hydrogen-bond acceptors (Lipinski definition) is 4. The van der Waals surface area contributed by atoms with Gasteiger partial charge in [-0.05, 0) is 55.7 Å². The molecule has 53 heavy (non-hydrogen) atoms. The van der Waals surface area contributed by atoms with Crippen LogP contribution in [0.1, 0.15) is 158 Å². The third-order valence-electron chi connectivity index (χ3n) is 10.3. The van der Waals surface area contributed by atoms with E-state index in [1.807, 2.05) is 0 Å². The van der Waals surface area contributed by atoms with E-state index in [0.29, 0.717) is 5.75 Å². The molecule has 0 radical (unpaired) electrons. The molecule has 5 rings (SSSR count). The standard InChI is InChI=1S/C48H65O4P/c1-43(2,3)29-25-33(39(49)37(27-29)47(13,14)15)34-26-30(44(4,5)6)28-38(48(16,17)18)42(34)52-53-50-40-31(21-19-23-35(40)45(7,8)9)32-22-20-24-36(41(32)51-53)46(10,11)12/h19-28,49H,1-18H3. The Morgan fingerprint density at radius 3 is 1.21 bits per heavy atom. The van der Waals surface area contributed by atoms with Gasteiger partial charge in [0, 0.05) is 44.2 Å². The lowest BCUT2D eigenvalue weighted by atomic mass is 9.75. The first-order chi connectivity index (χ1) is 24.0. The van der Waals surface area contributed by atoms with Crippen molar-refractivity contribution in [2.24, 2.45) is 0 Å². The van der Waals surface area contributed by atoms with Gasteiger partial charge in [-0.25, -0.2) is 0 Å².